The van der Waals surface area contributed by atoms with Gasteiger partial charge in [-0.25, -0.2) is 0 Å². The molecule has 0 aliphatic carbocycles. The van der Waals surface area contributed by atoms with E-state index in [0.717, 1.165) is 17.5 Å². The molecule has 1 aromatic carbocycles. The maximum atomic E-state index is 5.96. The molecule has 2 rings (SSSR count). The lowest BCUT2D eigenvalue weighted by molar-refractivity contribution is 0.566. The van der Waals surface area contributed by atoms with Crippen molar-refractivity contribution in [3.63, 3.8) is 0 Å². The van der Waals surface area contributed by atoms with Crippen molar-refractivity contribution in [2.75, 3.05) is 31.1 Å². The van der Waals surface area contributed by atoms with Crippen molar-refractivity contribution >= 4 is 17.1 Å². The van der Waals surface area contributed by atoms with E-state index in [2.05, 4.69) is 30.1 Å². The maximum Gasteiger partial charge on any atom is 0.298 e. The number of hydrogen-bond acceptors (Lipinski definition) is 5. The fourth-order valence-electron chi connectivity index (χ4n) is 3.33. The Morgan fingerprint density at radius 3 is 2.23 bits per heavy atom. The monoisotopic (exact) mass is 360 g/mol. The van der Waals surface area contributed by atoms with Gasteiger partial charge >= 0.3 is 0 Å². The Morgan fingerprint density at radius 2 is 1.58 bits per heavy atom. The van der Waals surface area contributed by atoms with Crippen LogP contribution < -0.4 is 16.4 Å². The SMILES string of the molecule is CCCCCCCCCCc1ccc2nc(N(CCN)CCN)oc2c1. The average Bonchev–Trinajstić information content (AvgIpc) is 3.07. The second-order valence-electron chi connectivity index (χ2n) is 7.09. The predicted molar refractivity (Wildman–Crippen MR) is 111 cm³/mol. The summed E-state index contributed by atoms with van der Waals surface area (Å²) in [4.78, 5) is 6.60. The largest absolute Gasteiger partial charge is 0.423 e. The summed E-state index contributed by atoms with van der Waals surface area (Å²) in [5, 5.41) is 0. The zero-order valence-electron chi connectivity index (χ0n) is 16.4. The highest BCUT2D eigenvalue weighted by Gasteiger charge is 2.13. The lowest BCUT2D eigenvalue weighted by Crippen LogP contribution is -2.34. The molecule has 0 fully saturated rings. The average molecular weight is 361 g/mol. The van der Waals surface area contributed by atoms with Crippen LogP contribution in [0.2, 0.25) is 0 Å². The fraction of sp³-hybridized carbons (Fsp3) is 0.667. The van der Waals surface area contributed by atoms with Crippen LogP contribution in [0.1, 0.15) is 63.9 Å². The van der Waals surface area contributed by atoms with Crippen LogP contribution in [-0.4, -0.2) is 31.2 Å². The second kappa shape index (κ2) is 11.9. The molecule has 0 saturated carbocycles. The number of fused-ring (bicyclic) bond motifs is 1. The van der Waals surface area contributed by atoms with Crippen molar-refractivity contribution in [1.29, 1.82) is 0 Å². The highest BCUT2D eigenvalue weighted by atomic mass is 16.4. The quantitative estimate of drug-likeness (QED) is 0.493. The molecule has 0 bridgehead atoms. The lowest BCUT2D eigenvalue weighted by Gasteiger charge is -2.18. The molecular formula is C21H36N4O. The minimum absolute atomic E-state index is 0.558. The number of anilines is 1. The highest BCUT2D eigenvalue weighted by molar-refractivity contribution is 5.75. The summed E-state index contributed by atoms with van der Waals surface area (Å²) in [5.74, 6) is 0. The van der Waals surface area contributed by atoms with Gasteiger partial charge in [-0.05, 0) is 30.5 Å². The summed E-state index contributed by atoms with van der Waals surface area (Å²) in [6.45, 7) is 4.79. The number of oxazole rings is 1. The first-order valence-electron chi connectivity index (χ1n) is 10.3. The maximum absolute atomic E-state index is 5.96. The first-order valence-corrected chi connectivity index (χ1v) is 10.3. The van der Waals surface area contributed by atoms with E-state index < -0.39 is 0 Å². The number of aryl methyl sites for hydroxylation is 1. The molecule has 0 aliphatic heterocycles. The third kappa shape index (κ3) is 6.61. The van der Waals surface area contributed by atoms with Crippen molar-refractivity contribution in [3.05, 3.63) is 23.8 Å². The third-order valence-corrected chi connectivity index (χ3v) is 4.83. The summed E-state index contributed by atoms with van der Waals surface area (Å²) in [6, 6.07) is 6.99. The second-order valence-corrected chi connectivity index (χ2v) is 7.09. The molecule has 0 atom stereocenters. The number of nitrogens with two attached hydrogens (primary N) is 2. The van der Waals surface area contributed by atoms with Gasteiger partial charge in [-0.2, -0.15) is 4.98 Å². The van der Waals surface area contributed by atoms with Crippen LogP contribution in [0.15, 0.2) is 22.6 Å². The van der Waals surface area contributed by atoms with E-state index in [9.17, 15) is 0 Å². The van der Waals surface area contributed by atoms with Gasteiger partial charge in [0, 0.05) is 26.2 Å². The van der Waals surface area contributed by atoms with E-state index in [1.807, 2.05) is 4.90 Å². The molecule has 2 aromatic rings. The third-order valence-electron chi connectivity index (χ3n) is 4.83. The van der Waals surface area contributed by atoms with Gasteiger partial charge in [-0.1, -0.05) is 57.9 Å². The molecule has 26 heavy (non-hydrogen) atoms. The summed E-state index contributed by atoms with van der Waals surface area (Å²) >= 11 is 0. The van der Waals surface area contributed by atoms with E-state index in [1.54, 1.807) is 0 Å². The van der Waals surface area contributed by atoms with Crippen molar-refractivity contribution in [1.82, 2.24) is 4.98 Å². The Labute approximate surface area is 158 Å². The van der Waals surface area contributed by atoms with Gasteiger partial charge in [0.2, 0.25) is 0 Å². The molecule has 0 spiro atoms. The molecule has 0 aliphatic rings. The van der Waals surface area contributed by atoms with Gasteiger partial charge in [0.1, 0.15) is 5.52 Å². The van der Waals surface area contributed by atoms with Crippen molar-refractivity contribution in [2.45, 2.75) is 64.7 Å². The normalized spacial score (nSPS) is 11.3. The molecule has 1 heterocycles. The molecule has 1 aromatic heterocycles. The van der Waals surface area contributed by atoms with E-state index in [1.165, 1.54) is 56.9 Å². The van der Waals surface area contributed by atoms with Crippen LogP contribution in [0.25, 0.3) is 11.1 Å². The minimum Gasteiger partial charge on any atom is -0.423 e. The number of unbranched alkanes of at least 4 members (excludes halogenated alkanes) is 7. The minimum atomic E-state index is 0.558. The molecule has 5 nitrogen and oxygen atoms in total. The number of hydrogen-bond donors (Lipinski definition) is 2. The van der Waals surface area contributed by atoms with Crippen LogP contribution in [-0.2, 0) is 6.42 Å². The Kier molecular flexibility index (Phi) is 9.50. The van der Waals surface area contributed by atoms with Gasteiger partial charge in [0.15, 0.2) is 5.58 Å². The fourth-order valence-corrected chi connectivity index (χ4v) is 3.33. The predicted octanol–water partition coefficient (Wildman–Crippen LogP) is 4.23. The number of aromatic nitrogens is 1. The zero-order valence-corrected chi connectivity index (χ0v) is 16.4. The molecule has 0 saturated heterocycles. The van der Waals surface area contributed by atoms with Gasteiger partial charge in [-0.3, -0.25) is 0 Å². The Morgan fingerprint density at radius 1 is 0.923 bits per heavy atom. The summed E-state index contributed by atoms with van der Waals surface area (Å²) in [5.41, 5.74) is 14.4. The molecule has 0 unspecified atom stereocenters. The Bertz CT molecular complexity index is 619. The van der Waals surface area contributed by atoms with E-state index in [4.69, 9.17) is 15.9 Å². The smallest absolute Gasteiger partial charge is 0.298 e. The van der Waals surface area contributed by atoms with E-state index in [0.29, 0.717) is 32.2 Å². The van der Waals surface area contributed by atoms with Crippen LogP contribution in [0.5, 0.6) is 0 Å². The van der Waals surface area contributed by atoms with Crippen LogP contribution in [0, 0.1) is 0 Å². The van der Waals surface area contributed by atoms with E-state index in [-0.39, 0.29) is 0 Å². The number of rotatable bonds is 14. The van der Waals surface area contributed by atoms with Gasteiger partial charge < -0.3 is 20.8 Å². The van der Waals surface area contributed by atoms with Gasteiger partial charge in [-0.15, -0.1) is 0 Å². The Hall–Kier alpha value is -1.59. The summed E-state index contributed by atoms with van der Waals surface area (Å²) < 4.78 is 5.96. The lowest BCUT2D eigenvalue weighted by atomic mass is 10.0. The molecule has 146 valence electrons. The number of nitrogens with zero attached hydrogens (tertiary/aromatic N) is 2. The van der Waals surface area contributed by atoms with Gasteiger partial charge in [0.25, 0.3) is 6.01 Å². The molecular weight excluding hydrogens is 324 g/mol. The molecule has 0 radical (unpaired) electrons. The number of benzene rings is 1. The van der Waals surface area contributed by atoms with Crippen LogP contribution in [0.3, 0.4) is 0 Å². The summed E-state index contributed by atoms with van der Waals surface area (Å²) in [7, 11) is 0. The van der Waals surface area contributed by atoms with Crippen LogP contribution in [0.4, 0.5) is 6.01 Å². The van der Waals surface area contributed by atoms with Gasteiger partial charge in [0.05, 0.1) is 0 Å². The van der Waals surface area contributed by atoms with Crippen molar-refractivity contribution < 1.29 is 4.42 Å². The standard InChI is InChI=1S/C21H36N4O/c1-2-3-4-5-6-7-8-9-10-18-11-12-19-20(17-18)26-21(24-19)25(15-13-22)16-14-23/h11-12,17H,2-10,13-16,22-23H2,1H3. The topological polar surface area (TPSA) is 81.3 Å². The Balaban J connectivity index is 1.82. The highest BCUT2D eigenvalue weighted by Crippen LogP contribution is 2.23. The van der Waals surface area contributed by atoms with E-state index >= 15 is 0 Å². The molecule has 0 amide bonds. The first-order chi connectivity index (χ1) is 12.8. The van der Waals surface area contributed by atoms with Crippen molar-refractivity contribution in [2.24, 2.45) is 11.5 Å². The zero-order chi connectivity index (χ0) is 18.6. The first kappa shape index (κ1) is 20.7. The molecule has 4 N–H and O–H groups in total. The van der Waals surface area contributed by atoms with Crippen molar-refractivity contribution in [3.8, 4) is 0 Å². The molecule has 5 heteroatoms. The summed E-state index contributed by atoms with van der Waals surface area (Å²) in [6.07, 6.45) is 11.9. The van der Waals surface area contributed by atoms with Crippen LogP contribution >= 0.6 is 0 Å².